The normalized spacial score (nSPS) is 13.2. The molecule has 22 heavy (non-hydrogen) atoms. The Hall–Kier alpha value is -0.0800. The number of hydrogen-bond acceptors (Lipinski definition) is 2. The van der Waals surface area contributed by atoms with Crippen molar-refractivity contribution in [3.63, 3.8) is 0 Å². The topological polar surface area (TPSA) is 6.48 Å². The molecule has 0 bridgehead atoms. The molecule has 1 fully saturated rings. The van der Waals surface area contributed by atoms with Crippen molar-refractivity contribution in [2.75, 3.05) is 39.3 Å². The van der Waals surface area contributed by atoms with Gasteiger partial charge in [0.2, 0.25) is 0 Å². The molecule has 0 N–H and O–H groups in total. The first-order chi connectivity index (χ1) is 10.8. The van der Waals surface area contributed by atoms with E-state index in [0.717, 1.165) is 0 Å². The first-order valence-corrected chi connectivity index (χ1v) is 10.2. The van der Waals surface area contributed by atoms with Gasteiger partial charge in [0.25, 0.3) is 0 Å². The summed E-state index contributed by atoms with van der Waals surface area (Å²) in [6.45, 7) is 28.5. The van der Waals surface area contributed by atoms with E-state index >= 15 is 0 Å². The van der Waals surface area contributed by atoms with Gasteiger partial charge in [-0.2, -0.15) is 0 Å². The fourth-order valence-electron chi connectivity index (χ4n) is 2.13. The lowest BCUT2D eigenvalue weighted by atomic mass is 10.1. The van der Waals surface area contributed by atoms with Gasteiger partial charge in [0, 0.05) is 0 Å². The van der Waals surface area contributed by atoms with E-state index in [0.29, 0.717) is 0 Å². The summed E-state index contributed by atoms with van der Waals surface area (Å²) in [5.74, 6) is 0. The maximum absolute atomic E-state index is 2.52. The average molecular weight is 319 g/mol. The Kier molecular flexibility index (Phi) is 44.5. The Bertz CT molecular complexity index is 121. The minimum atomic E-state index is 1.20. The highest BCUT2D eigenvalue weighted by Crippen LogP contribution is 2.06. The molecule has 1 saturated heterocycles. The van der Waals surface area contributed by atoms with Crippen LogP contribution in [-0.2, 0) is 0 Å². The summed E-state index contributed by atoms with van der Waals surface area (Å²) in [5, 5.41) is 0. The fraction of sp³-hybridized carbons (Fsp3) is 1.00. The molecule has 0 aromatic carbocycles. The Labute approximate surface area is 144 Å². The standard InChI is InChI=1S/C7H15N.C7H17N.3C2H6/c1-2-8-6-4-3-5-7-8;1-4-7-8(5-2)6-3;3*1-2/h2-7H2,1H3;4-7H2,1-3H3;3*1-2H3. The number of rotatable bonds is 5. The van der Waals surface area contributed by atoms with Crippen LogP contribution in [0.15, 0.2) is 0 Å². The lowest BCUT2D eigenvalue weighted by Crippen LogP contribution is -2.29. The summed E-state index contributed by atoms with van der Waals surface area (Å²) in [5.41, 5.74) is 0. The first-order valence-electron chi connectivity index (χ1n) is 10.2. The van der Waals surface area contributed by atoms with Crippen molar-refractivity contribution in [1.29, 1.82) is 0 Å². The van der Waals surface area contributed by atoms with Crippen LogP contribution in [0.2, 0.25) is 0 Å². The van der Waals surface area contributed by atoms with E-state index in [1.54, 1.807) is 0 Å². The average Bonchev–Trinajstić information content (AvgIpc) is 2.66. The molecular formula is C20H50N2. The van der Waals surface area contributed by atoms with Gasteiger partial charge in [0.1, 0.15) is 0 Å². The van der Waals surface area contributed by atoms with Gasteiger partial charge in [-0.05, 0) is 58.5 Å². The van der Waals surface area contributed by atoms with Crippen LogP contribution in [0, 0.1) is 0 Å². The van der Waals surface area contributed by atoms with Gasteiger partial charge < -0.3 is 9.80 Å². The molecule has 1 aliphatic heterocycles. The molecule has 0 spiro atoms. The van der Waals surface area contributed by atoms with Crippen LogP contribution in [0.4, 0.5) is 0 Å². The van der Waals surface area contributed by atoms with Crippen molar-refractivity contribution in [2.24, 2.45) is 0 Å². The molecular weight excluding hydrogens is 268 g/mol. The maximum Gasteiger partial charge on any atom is -0.00188 e. The summed E-state index contributed by atoms with van der Waals surface area (Å²) in [6.07, 6.45) is 5.58. The minimum Gasteiger partial charge on any atom is -0.304 e. The third-order valence-corrected chi connectivity index (χ3v) is 3.33. The SMILES string of the molecule is CC.CC.CC.CCCN(CC)CC.CCN1CCCCC1. The summed E-state index contributed by atoms with van der Waals surface area (Å²) >= 11 is 0. The molecule has 0 aromatic rings. The van der Waals surface area contributed by atoms with Crippen LogP contribution < -0.4 is 0 Å². The highest BCUT2D eigenvalue weighted by Gasteiger charge is 2.05. The number of piperidine rings is 1. The van der Waals surface area contributed by atoms with E-state index in [1.165, 1.54) is 65.0 Å². The van der Waals surface area contributed by atoms with Crippen molar-refractivity contribution in [2.45, 2.75) is 94.9 Å². The molecule has 0 amide bonds. The Morgan fingerprint density at radius 1 is 0.682 bits per heavy atom. The lowest BCUT2D eigenvalue weighted by Gasteiger charge is -2.24. The van der Waals surface area contributed by atoms with Crippen LogP contribution in [0.5, 0.6) is 0 Å². The monoisotopic (exact) mass is 318 g/mol. The Morgan fingerprint density at radius 3 is 1.27 bits per heavy atom. The van der Waals surface area contributed by atoms with Gasteiger partial charge in [-0.1, -0.05) is 75.7 Å². The van der Waals surface area contributed by atoms with E-state index in [4.69, 9.17) is 0 Å². The highest BCUT2D eigenvalue weighted by molar-refractivity contribution is 4.61. The van der Waals surface area contributed by atoms with Gasteiger partial charge in [-0.3, -0.25) is 0 Å². The van der Waals surface area contributed by atoms with Crippen molar-refractivity contribution in [3.8, 4) is 0 Å². The Balaban J connectivity index is -0.000000110. The molecule has 0 saturated carbocycles. The Morgan fingerprint density at radius 2 is 1.09 bits per heavy atom. The van der Waals surface area contributed by atoms with Gasteiger partial charge in [0.15, 0.2) is 0 Å². The molecule has 0 radical (unpaired) electrons. The summed E-state index contributed by atoms with van der Waals surface area (Å²) < 4.78 is 0. The zero-order valence-corrected chi connectivity index (χ0v) is 18.0. The largest absolute Gasteiger partial charge is 0.304 e. The molecule has 0 aromatic heterocycles. The van der Waals surface area contributed by atoms with Gasteiger partial charge in [-0.15, -0.1) is 0 Å². The van der Waals surface area contributed by atoms with Gasteiger partial charge in [-0.25, -0.2) is 0 Å². The summed E-state index contributed by atoms with van der Waals surface area (Å²) in [4.78, 5) is 4.95. The van der Waals surface area contributed by atoms with E-state index in [2.05, 4.69) is 37.5 Å². The van der Waals surface area contributed by atoms with E-state index in [1.807, 2.05) is 41.5 Å². The molecule has 0 unspecified atom stereocenters. The van der Waals surface area contributed by atoms with Crippen molar-refractivity contribution in [1.82, 2.24) is 9.80 Å². The van der Waals surface area contributed by atoms with E-state index in [9.17, 15) is 0 Å². The van der Waals surface area contributed by atoms with Crippen LogP contribution in [0.3, 0.4) is 0 Å². The van der Waals surface area contributed by atoms with Crippen LogP contribution in [0.25, 0.3) is 0 Å². The van der Waals surface area contributed by atoms with E-state index in [-0.39, 0.29) is 0 Å². The number of hydrogen-bond donors (Lipinski definition) is 0. The van der Waals surface area contributed by atoms with E-state index < -0.39 is 0 Å². The lowest BCUT2D eigenvalue weighted by molar-refractivity contribution is 0.240. The highest BCUT2D eigenvalue weighted by atomic mass is 15.1. The third kappa shape index (κ3) is 24.9. The summed E-state index contributed by atoms with van der Waals surface area (Å²) in [6, 6.07) is 0. The zero-order valence-electron chi connectivity index (χ0n) is 18.0. The fourth-order valence-corrected chi connectivity index (χ4v) is 2.13. The second-order valence-electron chi connectivity index (χ2n) is 4.52. The predicted octanol–water partition coefficient (Wildman–Crippen LogP) is 6.31. The second-order valence-corrected chi connectivity index (χ2v) is 4.52. The predicted molar refractivity (Wildman–Crippen MR) is 108 cm³/mol. The van der Waals surface area contributed by atoms with Gasteiger partial charge >= 0.3 is 0 Å². The molecule has 1 heterocycles. The quantitative estimate of drug-likeness (QED) is 0.586. The third-order valence-electron chi connectivity index (χ3n) is 3.33. The van der Waals surface area contributed by atoms with Crippen molar-refractivity contribution < 1.29 is 0 Å². The van der Waals surface area contributed by atoms with Crippen molar-refractivity contribution in [3.05, 3.63) is 0 Å². The molecule has 2 nitrogen and oxygen atoms in total. The summed E-state index contributed by atoms with van der Waals surface area (Å²) in [7, 11) is 0. The number of nitrogens with zero attached hydrogens (tertiary/aromatic N) is 2. The maximum atomic E-state index is 2.52. The molecule has 1 rings (SSSR count). The molecule has 0 atom stereocenters. The molecule has 2 heteroatoms. The smallest absolute Gasteiger partial charge is 0.00188 e. The number of likely N-dealkylation sites (tertiary alicyclic amines) is 1. The van der Waals surface area contributed by atoms with Crippen molar-refractivity contribution >= 4 is 0 Å². The molecule has 1 aliphatic rings. The van der Waals surface area contributed by atoms with Gasteiger partial charge in [0.05, 0.1) is 0 Å². The minimum absolute atomic E-state index is 1.20. The zero-order chi connectivity index (χ0) is 18.2. The van der Waals surface area contributed by atoms with Crippen LogP contribution in [-0.4, -0.2) is 49.1 Å². The molecule has 140 valence electrons. The first kappa shape index (κ1) is 29.9. The second kappa shape index (κ2) is 32.8. The van der Waals surface area contributed by atoms with Crippen LogP contribution >= 0.6 is 0 Å². The van der Waals surface area contributed by atoms with Crippen LogP contribution in [0.1, 0.15) is 94.9 Å². The molecule has 0 aliphatic carbocycles.